The van der Waals surface area contributed by atoms with Gasteiger partial charge in [-0.25, -0.2) is 4.98 Å². The summed E-state index contributed by atoms with van der Waals surface area (Å²) in [6.07, 6.45) is 1.95. The van der Waals surface area contributed by atoms with Gasteiger partial charge in [0, 0.05) is 51.3 Å². The fraction of sp³-hybridized carbons (Fsp3) is 0.284. The summed E-state index contributed by atoms with van der Waals surface area (Å²) in [6, 6.07) is 69.8. The number of anilines is 4. The van der Waals surface area contributed by atoms with Gasteiger partial charge in [0.2, 0.25) is 0 Å². The van der Waals surface area contributed by atoms with Crippen LogP contribution in [0.3, 0.4) is 0 Å². The van der Waals surface area contributed by atoms with Crippen LogP contribution in [-0.2, 0) is 21.7 Å². The quantitative estimate of drug-likeness (QED) is 0.122. The van der Waals surface area contributed by atoms with E-state index in [1.54, 1.807) is 0 Å². The van der Waals surface area contributed by atoms with Gasteiger partial charge in [0.25, 0.3) is 0 Å². The third kappa shape index (κ3) is 9.92. The van der Waals surface area contributed by atoms with Crippen LogP contribution in [0.1, 0.15) is 153 Å². The van der Waals surface area contributed by atoms with E-state index in [1.807, 2.05) is 6.20 Å². The molecule has 10 aromatic rings. The number of hydrogen-bond donors (Lipinski definition) is 0. The monoisotopic (exact) mass is 1040 g/mol. The van der Waals surface area contributed by atoms with Crippen LogP contribution in [0.4, 0.5) is 22.7 Å². The number of fused-ring (bicyclic) bond motifs is 4. The predicted molar refractivity (Wildman–Crippen MR) is 335 cm³/mol. The number of pyridine rings is 1. The molecule has 400 valence electrons. The first-order valence-corrected chi connectivity index (χ1v) is 28.5. The van der Waals surface area contributed by atoms with Gasteiger partial charge >= 0.3 is 0 Å². The number of ether oxygens (including phenoxy) is 1. The molecular weight excluding hydrogens is 961 g/mol. The van der Waals surface area contributed by atoms with Gasteiger partial charge in [0.05, 0.1) is 22.4 Å². The summed E-state index contributed by atoms with van der Waals surface area (Å²) in [5.41, 5.74) is 19.1. The van der Waals surface area contributed by atoms with E-state index in [2.05, 4.69) is 299 Å². The number of rotatable bonds is 12. The Hall–Kier alpha value is -7.89. The zero-order valence-electron chi connectivity index (χ0n) is 49.0. The summed E-state index contributed by atoms with van der Waals surface area (Å²) < 4.78 is 9.30. The summed E-state index contributed by atoms with van der Waals surface area (Å²) in [5, 5.41) is 2.37. The van der Waals surface area contributed by atoms with E-state index in [0.29, 0.717) is 18.5 Å². The smallest absolute Gasteiger partial charge is 0.137 e. The molecule has 11 rings (SSSR count). The van der Waals surface area contributed by atoms with E-state index < -0.39 is 0 Å². The predicted octanol–water partition coefficient (Wildman–Crippen LogP) is 20.4. The van der Waals surface area contributed by atoms with E-state index in [0.717, 1.165) is 45.4 Å². The lowest BCUT2D eigenvalue weighted by Gasteiger charge is -2.33. The van der Waals surface area contributed by atoms with Crippen molar-refractivity contribution in [1.82, 2.24) is 9.55 Å². The Kier molecular flexibility index (Phi) is 13.5. The molecule has 1 aliphatic heterocycles. The lowest BCUT2D eigenvalue weighted by Crippen LogP contribution is -2.27. The van der Waals surface area contributed by atoms with Crippen LogP contribution in [0, 0.1) is 0 Å². The first-order valence-electron chi connectivity index (χ1n) is 28.5. The molecule has 1 aliphatic rings. The SMILES string of the molecule is CC(C)c1cccc(C(C)C)c1-c1ccc2c(c1)N(c1cc(C(C)(C)c3ccccc3)cc(C(C)(C)c3ccccc3)c1)CN2c1cccc(Oc2ccc3c4cc(C(C)(C)C)ccc4n(-c4cc(C(C)(C)C)ccn4)c3c2)c1. The maximum Gasteiger partial charge on any atom is 0.137 e. The highest BCUT2D eigenvalue weighted by Crippen LogP contribution is 2.50. The molecule has 0 saturated carbocycles. The lowest BCUT2D eigenvalue weighted by molar-refractivity contribution is 0.483. The van der Waals surface area contributed by atoms with Crippen molar-refractivity contribution in [2.45, 2.75) is 130 Å². The van der Waals surface area contributed by atoms with Gasteiger partial charge in [0.1, 0.15) is 24.0 Å². The molecule has 0 amide bonds. The standard InChI is InChI=1S/C74H78N4O/c1-48(2)61-29-22-30-62(49(3)4)70(61)50-31-35-66-68(39-50)77(58-41-55(73(11,12)51-23-17-15-18-24-51)40-56(42-58)74(13,14)52-25-19-16-20-26-52)47-76(66)57-27-21-28-59(45-57)79-60-33-34-63-64-43-53(71(5,6)7)32-36-65(64)78(67(63)46-60)69-44-54(37-38-75-69)72(8,9)10/h15-46,48-49H,47H2,1-14H3. The lowest BCUT2D eigenvalue weighted by atomic mass is 9.73. The summed E-state index contributed by atoms with van der Waals surface area (Å²) in [6.45, 7) is 33.0. The number of benzene rings is 8. The van der Waals surface area contributed by atoms with Gasteiger partial charge < -0.3 is 14.5 Å². The average molecular weight is 1040 g/mol. The van der Waals surface area contributed by atoms with E-state index in [1.165, 1.54) is 72.1 Å². The van der Waals surface area contributed by atoms with Gasteiger partial charge in [-0.3, -0.25) is 4.57 Å². The molecule has 3 heterocycles. The van der Waals surface area contributed by atoms with E-state index in [9.17, 15) is 0 Å². The molecule has 0 fully saturated rings. The second kappa shape index (κ2) is 20.1. The van der Waals surface area contributed by atoms with Crippen LogP contribution in [0.2, 0.25) is 0 Å². The normalized spacial score (nSPS) is 13.3. The van der Waals surface area contributed by atoms with E-state index in [4.69, 9.17) is 9.72 Å². The van der Waals surface area contributed by atoms with Crippen molar-refractivity contribution in [2.75, 3.05) is 16.5 Å². The highest BCUT2D eigenvalue weighted by atomic mass is 16.5. The highest BCUT2D eigenvalue weighted by Gasteiger charge is 2.34. The van der Waals surface area contributed by atoms with Crippen molar-refractivity contribution >= 4 is 44.6 Å². The van der Waals surface area contributed by atoms with Gasteiger partial charge in [-0.2, -0.15) is 0 Å². The van der Waals surface area contributed by atoms with Crippen LogP contribution < -0.4 is 14.5 Å². The van der Waals surface area contributed by atoms with E-state index >= 15 is 0 Å². The molecule has 0 spiro atoms. The molecule has 0 aliphatic carbocycles. The zero-order valence-corrected chi connectivity index (χ0v) is 49.0. The van der Waals surface area contributed by atoms with Crippen molar-refractivity contribution in [3.8, 4) is 28.4 Å². The van der Waals surface area contributed by atoms with Gasteiger partial charge in [-0.05, 0) is 151 Å². The van der Waals surface area contributed by atoms with Crippen molar-refractivity contribution in [3.63, 3.8) is 0 Å². The van der Waals surface area contributed by atoms with Gasteiger partial charge in [-0.15, -0.1) is 0 Å². The van der Waals surface area contributed by atoms with Crippen molar-refractivity contribution in [1.29, 1.82) is 0 Å². The highest BCUT2D eigenvalue weighted by molar-refractivity contribution is 6.10. The first kappa shape index (κ1) is 53.1. The van der Waals surface area contributed by atoms with E-state index in [-0.39, 0.29) is 21.7 Å². The second-order valence-electron chi connectivity index (χ2n) is 25.8. The van der Waals surface area contributed by atoms with Crippen LogP contribution in [0.25, 0.3) is 38.8 Å². The summed E-state index contributed by atoms with van der Waals surface area (Å²) in [5.74, 6) is 3.15. The Labute approximate surface area is 470 Å². The Morgan fingerprint density at radius 2 is 1.00 bits per heavy atom. The molecule has 0 radical (unpaired) electrons. The molecule has 8 aromatic carbocycles. The Balaban J connectivity index is 1.05. The zero-order chi connectivity index (χ0) is 55.8. The molecule has 5 nitrogen and oxygen atoms in total. The molecule has 0 bridgehead atoms. The third-order valence-corrected chi connectivity index (χ3v) is 17.0. The van der Waals surface area contributed by atoms with Crippen LogP contribution in [0.5, 0.6) is 11.5 Å². The van der Waals surface area contributed by atoms with Crippen LogP contribution >= 0.6 is 0 Å². The van der Waals surface area contributed by atoms with Gasteiger partial charge in [0.15, 0.2) is 0 Å². The largest absolute Gasteiger partial charge is 0.457 e. The molecule has 5 heteroatoms. The number of hydrogen-bond acceptors (Lipinski definition) is 4. The number of aromatic nitrogens is 2. The fourth-order valence-electron chi connectivity index (χ4n) is 11.9. The minimum absolute atomic E-state index is 0.00170. The topological polar surface area (TPSA) is 33.5 Å². The molecular formula is C74H78N4O. The Bertz CT molecular complexity index is 3790. The summed E-state index contributed by atoms with van der Waals surface area (Å²) in [4.78, 5) is 10.0. The molecule has 0 saturated heterocycles. The Morgan fingerprint density at radius 1 is 0.418 bits per heavy atom. The van der Waals surface area contributed by atoms with Crippen molar-refractivity contribution in [2.24, 2.45) is 0 Å². The maximum atomic E-state index is 6.99. The van der Waals surface area contributed by atoms with Gasteiger partial charge in [-0.1, -0.05) is 200 Å². The third-order valence-electron chi connectivity index (χ3n) is 17.0. The van der Waals surface area contributed by atoms with Crippen LogP contribution in [-0.4, -0.2) is 16.2 Å². The first-order chi connectivity index (χ1) is 37.6. The molecule has 0 N–H and O–H groups in total. The Morgan fingerprint density at radius 3 is 1.61 bits per heavy atom. The molecule has 0 atom stereocenters. The molecule has 2 aromatic heterocycles. The average Bonchev–Trinajstić information content (AvgIpc) is 4.19. The van der Waals surface area contributed by atoms with Crippen molar-refractivity contribution in [3.05, 3.63) is 239 Å². The second-order valence-corrected chi connectivity index (χ2v) is 25.8. The fourth-order valence-corrected chi connectivity index (χ4v) is 11.9. The maximum absolute atomic E-state index is 6.99. The number of nitrogens with zero attached hydrogens (tertiary/aromatic N) is 4. The minimum Gasteiger partial charge on any atom is -0.457 e. The van der Waals surface area contributed by atoms with Crippen LogP contribution in [0.15, 0.2) is 194 Å². The summed E-state index contributed by atoms with van der Waals surface area (Å²) >= 11 is 0. The minimum atomic E-state index is -0.281. The molecule has 79 heavy (non-hydrogen) atoms. The molecule has 0 unspecified atom stereocenters. The van der Waals surface area contributed by atoms with Crippen molar-refractivity contribution < 1.29 is 4.74 Å². The summed E-state index contributed by atoms with van der Waals surface area (Å²) in [7, 11) is 0.